The fraction of sp³-hybridized carbons (Fsp3) is 0.636. The monoisotopic (exact) mass is 411 g/mol. The first-order valence-corrected chi connectivity index (χ1v) is 7.71. The molecule has 1 N–H and O–H groups in total. The molecule has 1 aromatic heterocycles. The molecule has 6 heteroatoms. The first kappa shape index (κ1) is 13.3. The Labute approximate surface area is 122 Å². The van der Waals surface area contributed by atoms with E-state index < -0.39 is 0 Å². The van der Waals surface area contributed by atoms with Crippen LogP contribution in [0, 0.1) is 3.57 Å². The summed E-state index contributed by atoms with van der Waals surface area (Å²) in [4.78, 5) is 21.1. The van der Waals surface area contributed by atoms with E-state index in [9.17, 15) is 4.79 Å². The standard InChI is InChI=1S/C11H15BrIN3O/c1-16(8-5-3-2-4-7(8)12)10-9(13)11(17)15-6-14-10/h6-8H,2-5H2,1H3,(H,14,15,17). The van der Waals surface area contributed by atoms with Gasteiger partial charge in [-0.05, 0) is 35.4 Å². The summed E-state index contributed by atoms with van der Waals surface area (Å²) in [5, 5.41) is 0. The van der Waals surface area contributed by atoms with Crippen LogP contribution in [0.15, 0.2) is 11.1 Å². The summed E-state index contributed by atoms with van der Waals surface area (Å²) in [7, 11) is 2.02. The van der Waals surface area contributed by atoms with E-state index >= 15 is 0 Å². The van der Waals surface area contributed by atoms with Gasteiger partial charge in [-0.25, -0.2) is 4.98 Å². The maximum atomic E-state index is 11.6. The summed E-state index contributed by atoms with van der Waals surface area (Å²) in [6.45, 7) is 0. The lowest BCUT2D eigenvalue weighted by Gasteiger charge is -2.36. The Hall–Kier alpha value is -0.110. The number of halogens is 2. The zero-order valence-corrected chi connectivity index (χ0v) is 13.4. The summed E-state index contributed by atoms with van der Waals surface area (Å²) in [6.07, 6.45) is 6.34. The fourth-order valence-corrected chi connectivity index (χ4v) is 3.90. The van der Waals surface area contributed by atoms with E-state index in [0.29, 0.717) is 14.4 Å². The molecule has 94 valence electrons. The van der Waals surface area contributed by atoms with Gasteiger partial charge < -0.3 is 9.88 Å². The van der Waals surface area contributed by atoms with Crippen LogP contribution in [0.1, 0.15) is 25.7 Å². The molecule has 1 saturated carbocycles. The number of H-pyrrole nitrogens is 1. The molecule has 0 spiro atoms. The number of alkyl halides is 1. The highest BCUT2D eigenvalue weighted by Gasteiger charge is 2.28. The average molecular weight is 412 g/mol. The lowest BCUT2D eigenvalue weighted by atomic mass is 9.94. The third-order valence-corrected chi connectivity index (χ3v) is 5.30. The van der Waals surface area contributed by atoms with Crippen LogP contribution in [0.2, 0.25) is 0 Å². The number of hydrogen-bond donors (Lipinski definition) is 1. The number of nitrogens with one attached hydrogen (secondary N) is 1. The fourth-order valence-electron chi connectivity index (χ4n) is 2.28. The number of aromatic amines is 1. The van der Waals surface area contributed by atoms with Gasteiger partial charge in [-0.1, -0.05) is 28.8 Å². The van der Waals surface area contributed by atoms with Crippen molar-refractivity contribution in [2.24, 2.45) is 0 Å². The molecule has 1 heterocycles. The predicted octanol–water partition coefficient (Wildman–Crippen LogP) is 2.52. The van der Waals surface area contributed by atoms with Crippen LogP contribution in [-0.2, 0) is 0 Å². The van der Waals surface area contributed by atoms with E-state index in [4.69, 9.17) is 0 Å². The van der Waals surface area contributed by atoms with Crippen molar-refractivity contribution in [3.8, 4) is 0 Å². The average Bonchev–Trinajstić information content (AvgIpc) is 2.32. The van der Waals surface area contributed by atoms with Crippen molar-refractivity contribution >= 4 is 44.3 Å². The Balaban J connectivity index is 2.26. The van der Waals surface area contributed by atoms with E-state index in [2.05, 4.69) is 53.4 Å². The minimum Gasteiger partial charge on any atom is -0.354 e. The summed E-state index contributed by atoms with van der Waals surface area (Å²) in [5.41, 5.74) is -0.0654. The van der Waals surface area contributed by atoms with E-state index in [1.165, 1.54) is 25.6 Å². The molecule has 4 nitrogen and oxygen atoms in total. The third kappa shape index (κ3) is 2.83. The highest BCUT2D eigenvalue weighted by molar-refractivity contribution is 14.1. The van der Waals surface area contributed by atoms with Crippen LogP contribution in [-0.4, -0.2) is 27.9 Å². The second-order valence-corrected chi connectivity index (χ2v) is 6.60. The molecule has 0 amide bonds. The number of rotatable bonds is 2. The lowest BCUT2D eigenvalue weighted by molar-refractivity contribution is 0.441. The quantitative estimate of drug-likeness (QED) is 0.600. The van der Waals surface area contributed by atoms with Gasteiger partial charge in [0.05, 0.1) is 6.33 Å². The summed E-state index contributed by atoms with van der Waals surface area (Å²) in [6, 6.07) is 0.423. The zero-order chi connectivity index (χ0) is 12.4. The van der Waals surface area contributed by atoms with Crippen molar-refractivity contribution in [1.29, 1.82) is 0 Å². The van der Waals surface area contributed by atoms with Crippen molar-refractivity contribution in [3.05, 3.63) is 20.3 Å². The minimum absolute atomic E-state index is 0.0654. The molecular formula is C11H15BrIN3O. The lowest BCUT2D eigenvalue weighted by Crippen LogP contribution is -2.42. The number of nitrogens with zero attached hydrogens (tertiary/aromatic N) is 2. The zero-order valence-electron chi connectivity index (χ0n) is 9.62. The molecule has 2 rings (SSSR count). The molecule has 1 aliphatic rings. The molecule has 0 radical (unpaired) electrons. The van der Waals surface area contributed by atoms with Gasteiger partial charge in [0.1, 0.15) is 9.39 Å². The number of anilines is 1. The Morgan fingerprint density at radius 1 is 1.53 bits per heavy atom. The first-order chi connectivity index (χ1) is 8.11. The van der Waals surface area contributed by atoms with Gasteiger partial charge in [0.25, 0.3) is 5.56 Å². The highest BCUT2D eigenvalue weighted by atomic mass is 127. The third-order valence-electron chi connectivity index (χ3n) is 3.26. The van der Waals surface area contributed by atoms with Crippen molar-refractivity contribution in [2.45, 2.75) is 36.6 Å². The molecular weight excluding hydrogens is 397 g/mol. The van der Waals surface area contributed by atoms with E-state index in [0.717, 1.165) is 12.2 Å². The molecule has 1 aromatic rings. The molecule has 0 aliphatic heterocycles. The Bertz CT molecular complexity index is 451. The van der Waals surface area contributed by atoms with Crippen LogP contribution in [0.3, 0.4) is 0 Å². The normalized spacial score (nSPS) is 24.6. The van der Waals surface area contributed by atoms with E-state index in [1.54, 1.807) is 0 Å². The number of aromatic nitrogens is 2. The minimum atomic E-state index is -0.0654. The maximum Gasteiger partial charge on any atom is 0.266 e. The molecule has 1 fully saturated rings. The van der Waals surface area contributed by atoms with Crippen LogP contribution < -0.4 is 10.5 Å². The van der Waals surface area contributed by atoms with Crippen LogP contribution in [0.25, 0.3) is 0 Å². The first-order valence-electron chi connectivity index (χ1n) is 5.71. The molecule has 2 unspecified atom stereocenters. The summed E-state index contributed by atoms with van der Waals surface area (Å²) < 4.78 is 0.665. The van der Waals surface area contributed by atoms with Gasteiger partial charge >= 0.3 is 0 Å². The molecule has 0 saturated heterocycles. The molecule has 17 heavy (non-hydrogen) atoms. The van der Waals surface area contributed by atoms with Crippen molar-refractivity contribution < 1.29 is 0 Å². The predicted molar refractivity (Wildman–Crippen MR) is 80.9 cm³/mol. The van der Waals surface area contributed by atoms with Crippen molar-refractivity contribution in [3.63, 3.8) is 0 Å². The van der Waals surface area contributed by atoms with Gasteiger partial charge in [-0.15, -0.1) is 0 Å². The maximum absolute atomic E-state index is 11.6. The SMILES string of the molecule is CN(c1nc[nH]c(=O)c1I)C1CCCCC1Br. The smallest absolute Gasteiger partial charge is 0.266 e. The molecule has 0 aromatic carbocycles. The second kappa shape index (κ2) is 5.69. The van der Waals surface area contributed by atoms with Crippen LogP contribution in [0.5, 0.6) is 0 Å². The number of hydrogen-bond acceptors (Lipinski definition) is 3. The van der Waals surface area contributed by atoms with Crippen LogP contribution in [0.4, 0.5) is 5.82 Å². The summed E-state index contributed by atoms with van der Waals surface area (Å²) in [5.74, 6) is 0.783. The van der Waals surface area contributed by atoms with Crippen LogP contribution >= 0.6 is 38.5 Å². The van der Waals surface area contributed by atoms with Gasteiger partial charge in [0.2, 0.25) is 0 Å². The second-order valence-electron chi connectivity index (χ2n) is 4.35. The van der Waals surface area contributed by atoms with Gasteiger partial charge in [0, 0.05) is 17.9 Å². The van der Waals surface area contributed by atoms with E-state index in [-0.39, 0.29) is 5.56 Å². The molecule has 1 aliphatic carbocycles. The Kier molecular flexibility index (Phi) is 4.46. The Morgan fingerprint density at radius 3 is 2.94 bits per heavy atom. The molecule has 2 atom stereocenters. The van der Waals surface area contributed by atoms with Gasteiger partial charge in [0.15, 0.2) is 0 Å². The largest absolute Gasteiger partial charge is 0.354 e. The van der Waals surface area contributed by atoms with Gasteiger partial charge in [-0.2, -0.15) is 0 Å². The topological polar surface area (TPSA) is 49.0 Å². The van der Waals surface area contributed by atoms with Gasteiger partial charge in [-0.3, -0.25) is 4.79 Å². The highest BCUT2D eigenvalue weighted by Crippen LogP contribution is 2.30. The van der Waals surface area contributed by atoms with Crippen molar-refractivity contribution in [2.75, 3.05) is 11.9 Å². The molecule has 0 bridgehead atoms. The summed E-state index contributed by atoms with van der Waals surface area (Å²) >= 11 is 5.80. The van der Waals surface area contributed by atoms with Crippen molar-refractivity contribution in [1.82, 2.24) is 9.97 Å². The van der Waals surface area contributed by atoms with E-state index in [1.807, 2.05) is 7.05 Å². The Morgan fingerprint density at radius 2 is 2.24 bits per heavy atom.